The molecule has 3 nitrogen and oxygen atoms in total. The van der Waals surface area contributed by atoms with Gasteiger partial charge in [-0.15, -0.1) is 0 Å². The van der Waals surface area contributed by atoms with Gasteiger partial charge < -0.3 is 11.1 Å². The molecule has 1 amide bonds. The van der Waals surface area contributed by atoms with Crippen LogP contribution in [0.25, 0.3) is 0 Å². The molecule has 1 rings (SSSR count). The van der Waals surface area contributed by atoms with Crippen molar-refractivity contribution < 1.29 is 4.79 Å². The highest BCUT2D eigenvalue weighted by atomic mass is 16.1. The third-order valence-corrected chi connectivity index (χ3v) is 3.90. The molecule has 1 aliphatic carbocycles. The Bertz CT molecular complexity index is 270. The summed E-state index contributed by atoms with van der Waals surface area (Å²) in [5.74, 6) is 0.641. The van der Waals surface area contributed by atoms with Gasteiger partial charge in [-0.1, -0.05) is 40.5 Å². The zero-order valence-corrected chi connectivity index (χ0v) is 11.8. The number of nitrogens with one attached hydrogen (secondary N) is 1. The van der Waals surface area contributed by atoms with E-state index in [1.54, 1.807) is 0 Å². The predicted molar refractivity (Wildman–Crippen MR) is 71.6 cm³/mol. The molecule has 0 aromatic carbocycles. The molecule has 0 saturated heterocycles. The van der Waals surface area contributed by atoms with E-state index in [2.05, 4.69) is 33.0 Å². The first-order chi connectivity index (χ1) is 7.79. The molecule has 2 unspecified atom stereocenters. The maximum absolute atomic E-state index is 12.1. The van der Waals surface area contributed by atoms with Gasteiger partial charge in [-0.25, -0.2) is 0 Å². The van der Waals surface area contributed by atoms with Crippen molar-refractivity contribution in [2.75, 3.05) is 6.54 Å². The van der Waals surface area contributed by atoms with Crippen LogP contribution >= 0.6 is 0 Å². The molecule has 17 heavy (non-hydrogen) atoms. The summed E-state index contributed by atoms with van der Waals surface area (Å²) in [6, 6.07) is 0. The van der Waals surface area contributed by atoms with Gasteiger partial charge in [-0.2, -0.15) is 0 Å². The van der Waals surface area contributed by atoms with Crippen LogP contribution in [0, 0.1) is 11.3 Å². The zero-order chi connectivity index (χ0) is 13.1. The van der Waals surface area contributed by atoms with Crippen molar-refractivity contribution in [3.05, 3.63) is 0 Å². The highest BCUT2D eigenvalue weighted by Gasteiger charge is 2.38. The molecule has 1 fully saturated rings. The summed E-state index contributed by atoms with van der Waals surface area (Å²) in [6.07, 6.45) is 5.21. The molecule has 0 aliphatic heterocycles. The number of nitrogens with two attached hydrogens (primary N) is 1. The van der Waals surface area contributed by atoms with Crippen molar-refractivity contribution in [3.8, 4) is 0 Å². The Balaban J connectivity index is 2.65. The molecule has 100 valence electrons. The summed E-state index contributed by atoms with van der Waals surface area (Å²) in [7, 11) is 0. The minimum Gasteiger partial charge on any atom is -0.349 e. The molecule has 0 radical (unpaired) electrons. The van der Waals surface area contributed by atoms with Crippen LogP contribution in [0.5, 0.6) is 0 Å². The van der Waals surface area contributed by atoms with E-state index >= 15 is 0 Å². The van der Waals surface area contributed by atoms with Gasteiger partial charge in [-0.3, -0.25) is 4.79 Å². The van der Waals surface area contributed by atoms with Gasteiger partial charge in [0.2, 0.25) is 5.91 Å². The molecule has 0 aromatic heterocycles. The van der Waals surface area contributed by atoms with Crippen LogP contribution in [0.1, 0.15) is 59.8 Å². The van der Waals surface area contributed by atoms with Gasteiger partial charge >= 0.3 is 0 Å². The van der Waals surface area contributed by atoms with Gasteiger partial charge in [0.1, 0.15) is 0 Å². The van der Waals surface area contributed by atoms with Gasteiger partial charge in [0, 0.05) is 13.0 Å². The third-order valence-electron chi connectivity index (χ3n) is 3.90. The highest BCUT2D eigenvalue weighted by Crippen LogP contribution is 2.33. The second-order valence-corrected chi connectivity index (χ2v) is 6.79. The predicted octanol–water partition coefficient (Wildman–Crippen LogP) is 2.45. The van der Waals surface area contributed by atoms with E-state index in [0.717, 1.165) is 6.42 Å². The van der Waals surface area contributed by atoms with Gasteiger partial charge in [0.25, 0.3) is 0 Å². The summed E-state index contributed by atoms with van der Waals surface area (Å²) >= 11 is 0. The molecule has 0 heterocycles. The summed E-state index contributed by atoms with van der Waals surface area (Å²) < 4.78 is 0. The van der Waals surface area contributed by atoms with Crippen LogP contribution in [0.15, 0.2) is 0 Å². The summed E-state index contributed by atoms with van der Waals surface area (Å²) in [5, 5.41) is 3.22. The van der Waals surface area contributed by atoms with Crippen LogP contribution < -0.4 is 11.1 Å². The van der Waals surface area contributed by atoms with E-state index in [9.17, 15) is 4.79 Å². The number of hydrogen-bond acceptors (Lipinski definition) is 2. The Labute approximate surface area is 106 Å². The van der Waals surface area contributed by atoms with Gasteiger partial charge in [0.05, 0.1) is 5.54 Å². The van der Waals surface area contributed by atoms with Crippen LogP contribution in [0.4, 0.5) is 0 Å². The van der Waals surface area contributed by atoms with Crippen LogP contribution in [0.3, 0.4) is 0 Å². The maximum Gasteiger partial charge on any atom is 0.221 e. The molecule has 3 heteroatoms. The normalized spacial score (nSPS) is 30.1. The van der Waals surface area contributed by atoms with Crippen molar-refractivity contribution in [2.24, 2.45) is 17.1 Å². The Hall–Kier alpha value is -0.570. The lowest BCUT2D eigenvalue weighted by molar-refractivity contribution is -0.125. The molecule has 0 aromatic rings. The van der Waals surface area contributed by atoms with Crippen molar-refractivity contribution in [2.45, 2.75) is 65.3 Å². The highest BCUT2D eigenvalue weighted by molar-refractivity contribution is 5.77. The first kappa shape index (κ1) is 14.5. The molecular weight excluding hydrogens is 212 g/mol. The molecular formula is C14H28N2O. The van der Waals surface area contributed by atoms with E-state index in [1.807, 2.05) is 0 Å². The van der Waals surface area contributed by atoms with Crippen molar-refractivity contribution in [3.63, 3.8) is 0 Å². The van der Waals surface area contributed by atoms with Gasteiger partial charge in [0.15, 0.2) is 0 Å². The fraction of sp³-hybridized carbons (Fsp3) is 0.929. The number of carbonyl (C=O) groups is 1. The molecule has 0 bridgehead atoms. The van der Waals surface area contributed by atoms with E-state index in [1.165, 1.54) is 19.3 Å². The van der Waals surface area contributed by atoms with Crippen molar-refractivity contribution in [1.82, 2.24) is 5.32 Å². The van der Waals surface area contributed by atoms with Crippen LogP contribution in [-0.4, -0.2) is 18.0 Å². The quantitative estimate of drug-likeness (QED) is 0.796. The fourth-order valence-electron chi connectivity index (χ4n) is 2.76. The smallest absolute Gasteiger partial charge is 0.221 e. The van der Waals surface area contributed by atoms with Crippen molar-refractivity contribution in [1.29, 1.82) is 0 Å². The van der Waals surface area contributed by atoms with E-state index in [4.69, 9.17) is 5.73 Å². The maximum atomic E-state index is 12.1. The molecule has 0 spiro atoms. The van der Waals surface area contributed by atoms with E-state index in [-0.39, 0.29) is 16.9 Å². The van der Waals surface area contributed by atoms with E-state index < -0.39 is 0 Å². The van der Waals surface area contributed by atoms with Crippen LogP contribution in [-0.2, 0) is 4.79 Å². The number of rotatable bonds is 3. The lowest BCUT2D eigenvalue weighted by Gasteiger charge is -2.43. The first-order valence-corrected chi connectivity index (χ1v) is 6.80. The molecule has 2 atom stereocenters. The number of amides is 1. The SMILES string of the molecule is CC1CCCCC1(CN)NC(=O)CC(C)(C)C. The second kappa shape index (κ2) is 5.38. The Morgan fingerprint density at radius 3 is 2.53 bits per heavy atom. The second-order valence-electron chi connectivity index (χ2n) is 6.79. The first-order valence-electron chi connectivity index (χ1n) is 6.80. The van der Waals surface area contributed by atoms with Crippen LogP contribution in [0.2, 0.25) is 0 Å². The van der Waals surface area contributed by atoms with E-state index in [0.29, 0.717) is 18.9 Å². The monoisotopic (exact) mass is 240 g/mol. The summed E-state index contributed by atoms with van der Waals surface area (Å²) in [5.41, 5.74) is 5.81. The Morgan fingerprint density at radius 2 is 2.06 bits per heavy atom. The fourth-order valence-corrected chi connectivity index (χ4v) is 2.76. The minimum absolute atomic E-state index is 0.0395. The zero-order valence-electron chi connectivity index (χ0n) is 11.8. The van der Waals surface area contributed by atoms with Gasteiger partial charge in [-0.05, 0) is 24.2 Å². The lowest BCUT2D eigenvalue weighted by atomic mass is 9.73. The number of carbonyl (C=O) groups excluding carboxylic acids is 1. The van der Waals surface area contributed by atoms with Crippen molar-refractivity contribution >= 4 is 5.91 Å². The lowest BCUT2D eigenvalue weighted by Crippen LogP contribution is -2.59. The molecule has 1 saturated carbocycles. The summed E-state index contributed by atoms with van der Waals surface area (Å²) in [4.78, 5) is 12.1. The summed E-state index contributed by atoms with van der Waals surface area (Å²) in [6.45, 7) is 9.04. The Morgan fingerprint density at radius 1 is 1.41 bits per heavy atom. The Kier molecular flexibility index (Phi) is 4.59. The third kappa shape index (κ3) is 3.98. The topological polar surface area (TPSA) is 55.1 Å². The minimum atomic E-state index is -0.152. The largest absolute Gasteiger partial charge is 0.349 e. The number of hydrogen-bond donors (Lipinski definition) is 2. The molecule has 1 aliphatic rings. The average Bonchev–Trinajstić information content (AvgIpc) is 2.19. The standard InChI is InChI=1S/C14H28N2O/c1-11-7-5-6-8-14(11,10-15)16-12(17)9-13(2,3)4/h11H,5-10,15H2,1-4H3,(H,16,17). The molecule has 3 N–H and O–H groups in total. The average molecular weight is 240 g/mol.